The first-order chi connectivity index (χ1) is 9.72. The van der Waals surface area contributed by atoms with Crippen LogP contribution in [0.1, 0.15) is 22.9 Å². The van der Waals surface area contributed by atoms with Gasteiger partial charge in [0.25, 0.3) is 0 Å². The Kier molecular flexibility index (Phi) is 4.44. The van der Waals surface area contributed by atoms with Crippen LogP contribution in [-0.4, -0.2) is 12.6 Å². The normalized spacial score (nSPS) is 14.9. The lowest BCUT2D eigenvalue weighted by molar-refractivity contribution is 0.351. The summed E-state index contributed by atoms with van der Waals surface area (Å²) in [6.45, 7) is 3.90. The minimum Gasteiger partial charge on any atom is -0.493 e. The first-order valence-electron chi connectivity index (χ1n) is 6.92. The SMILES string of the molecule is CC(Cc1cccs1)NCc1cc(Br)cc2c1OCC2. The number of benzene rings is 1. The summed E-state index contributed by atoms with van der Waals surface area (Å²) in [7, 11) is 0. The molecule has 2 aromatic rings. The Morgan fingerprint density at radius 2 is 2.35 bits per heavy atom. The van der Waals surface area contributed by atoms with Crippen molar-refractivity contribution in [2.75, 3.05) is 6.61 Å². The summed E-state index contributed by atoms with van der Waals surface area (Å²) in [6.07, 6.45) is 2.10. The molecule has 0 spiro atoms. The maximum absolute atomic E-state index is 5.76. The van der Waals surface area contributed by atoms with E-state index in [1.165, 1.54) is 16.0 Å². The minimum atomic E-state index is 0.463. The Labute approximate surface area is 132 Å². The zero-order chi connectivity index (χ0) is 13.9. The van der Waals surface area contributed by atoms with Gasteiger partial charge in [-0.3, -0.25) is 0 Å². The van der Waals surface area contributed by atoms with E-state index in [2.05, 4.69) is 57.8 Å². The van der Waals surface area contributed by atoms with Crippen molar-refractivity contribution < 1.29 is 4.74 Å². The van der Waals surface area contributed by atoms with Gasteiger partial charge in [-0.25, -0.2) is 0 Å². The van der Waals surface area contributed by atoms with Gasteiger partial charge in [-0.15, -0.1) is 11.3 Å². The van der Waals surface area contributed by atoms with Gasteiger partial charge in [-0.05, 0) is 42.5 Å². The first-order valence-corrected chi connectivity index (χ1v) is 8.59. The van der Waals surface area contributed by atoms with Crippen LogP contribution in [0.25, 0.3) is 0 Å². The number of hydrogen-bond donors (Lipinski definition) is 1. The van der Waals surface area contributed by atoms with Gasteiger partial charge >= 0.3 is 0 Å². The molecule has 1 aliphatic heterocycles. The van der Waals surface area contributed by atoms with Crippen LogP contribution >= 0.6 is 27.3 Å². The molecular weight excluding hydrogens is 334 g/mol. The summed E-state index contributed by atoms with van der Waals surface area (Å²) in [6, 6.07) is 9.10. The molecule has 4 heteroatoms. The van der Waals surface area contributed by atoms with E-state index in [0.29, 0.717) is 6.04 Å². The van der Waals surface area contributed by atoms with Gasteiger partial charge in [0, 0.05) is 33.9 Å². The average molecular weight is 352 g/mol. The van der Waals surface area contributed by atoms with Crippen LogP contribution in [0.2, 0.25) is 0 Å². The number of thiophene rings is 1. The zero-order valence-corrected chi connectivity index (χ0v) is 13.9. The fraction of sp³-hybridized carbons (Fsp3) is 0.375. The summed E-state index contributed by atoms with van der Waals surface area (Å²) >= 11 is 5.41. The Balaban J connectivity index is 1.64. The predicted octanol–water partition coefficient (Wildman–Crippen LogP) is 4.17. The van der Waals surface area contributed by atoms with Crippen LogP contribution in [0.5, 0.6) is 5.75 Å². The van der Waals surface area contributed by atoms with Gasteiger partial charge in [0.15, 0.2) is 0 Å². The van der Waals surface area contributed by atoms with E-state index < -0.39 is 0 Å². The van der Waals surface area contributed by atoms with Crippen LogP contribution in [0, 0.1) is 0 Å². The van der Waals surface area contributed by atoms with Crippen molar-refractivity contribution >= 4 is 27.3 Å². The van der Waals surface area contributed by atoms with Gasteiger partial charge in [-0.1, -0.05) is 22.0 Å². The van der Waals surface area contributed by atoms with E-state index >= 15 is 0 Å². The Bertz CT molecular complexity index is 582. The van der Waals surface area contributed by atoms with Gasteiger partial charge in [0.1, 0.15) is 5.75 Å². The molecule has 0 bridgehead atoms. The molecule has 1 N–H and O–H groups in total. The number of rotatable bonds is 5. The van der Waals surface area contributed by atoms with Gasteiger partial charge in [0.05, 0.1) is 6.61 Å². The minimum absolute atomic E-state index is 0.463. The molecule has 0 fully saturated rings. The van der Waals surface area contributed by atoms with Crippen molar-refractivity contribution in [3.05, 3.63) is 50.1 Å². The summed E-state index contributed by atoms with van der Waals surface area (Å²) in [4.78, 5) is 1.43. The second-order valence-corrected chi connectivity index (χ2v) is 7.16. The maximum Gasteiger partial charge on any atom is 0.127 e. The standard InChI is InChI=1S/C16H18BrNOS/c1-11(7-15-3-2-6-20-15)18-10-13-9-14(17)8-12-4-5-19-16(12)13/h2-3,6,8-9,11,18H,4-5,7,10H2,1H3. The Hall–Kier alpha value is -0.840. The lowest BCUT2D eigenvalue weighted by Crippen LogP contribution is -2.27. The van der Waals surface area contributed by atoms with Crippen LogP contribution in [0.3, 0.4) is 0 Å². The van der Waals surface area contributed by atoms with E-state index in [4.69, 9.17) is 4.74 Å². The molecular formula is C16H18BrNOS. The van der Waals surface area contributed by atoms with Crippen molar-refractivity contribution in [2.45, 2.75) is 32.4 Å². The number of nitrogens with one attached hydrogen (secondary N) is 1. The third-order valence-corrected chi connectivity index (χ3v) is 4.91. The predicted molar refractivity (Wildman–Crippen MR) is 87.7 cm³/mol. The molecule has 106 valence electrons. The molecule has 1 unspecified atom stereocenters. The average Bonchev–Trinajstić information content (AvgIpc) is 3.06. The van der Waals surface area contributed by atoms with Crippen molar-refractivity contribution in [1.29, 1.82) is 0 Å². The molecule has 0 radical (unpaired) electrons. The van der Waals surface area contributed by atoms with Gasteiger partial charge in [0.2, 0.25) is 0 Å². The maximum atomic E-state index is 5.76. The molecule has 1 aromatic carbocycles. The lowest BCUT2D eigenvalue weighted by Gasteiger charge is -2.15. The molecule has 0 amide bonds. The molecule has 0 saturated heterocycles. The number of hydrogen-bond acceptors (Lipinski definition) is 3. The van der Waals surface area contributed by atoms with E-state index in [0.717, 1.165) is 36.2 Å². The van der Waals surface area contributed by atoms with E-state index in [-0.39, 0.29) is 0 Å². The Morgan fingerprint density at radius 1 is 1.45 bits per heavy atom. The number of halogens is 1. The molecule has 1 atom stereocenters. The van der Waals surface area contributed by atoms with E-state index in [9.17, 15) is 0 Å². The quantitative estimate of drug-likeness (QED) is 0.872. The highest BCUT2D eigenvalue weighted by Crippen LogP contribution is 2.32. The van der Waals surface area contributed by atoms with Crippen molar-refractivity contribution in [2.24, 2.45) is 0 Å². The lowest BCUT2D eigenvalue weighted by atomic mass is 10.1. The fourth-order valence-electron chi connectivity index (χ4n) is 2.56. The number of fused-ring (bicyclic) bond motifs is 1. The highest BCUT2D eigenvalue weighted by atomic mass is 79.9. The third-order valence-electron chi connectivity index (χ3n) is 3.55. The van der Waals surface area contributed by atoms with Crippen LogP contribution in [-0.2, 0) is 19.4 Å². The van der Waals surface area contributed by atoms with Gasteiger partial charge < -0.3 is 10.1 Å². The zero-order valence-electron chi connectivity index (χ0n) is 11.5. The monoisotopic (exact) mass is 351 g/mol. The molecule has 0 saturated carbocycles. The van der Waals surface area contributed by atoms with Gasteiger partial charge in [-0.2, -0.15) is 0 Å². The Morgan fingerprint density at radius 3 is 3.15 bits per heavy atom. The first kappa shape index (κ1) is 14.1. The summed E-state index contributed by atoms with van der Waals surface area (Å²) < 4.78 is 6.91. The third kappa shape index (κ3) is 3.25. The second-order valence-electron chi connectivity index (χ2n) is 5.22. The van der Waals surface area contributed by atoms with Crippen molar-refractivity contribution in [3.8, 4) is 5.75 Å². The molecule has 1 aromatic heterocycles. The summed E-state index contributed by atoms with van der Waals surface area (Å²) in [5.41, 5.74) is 2.58. The molecule has 1 aliphatic rings. The topological polar surface area (TPSA) is 21.3 Å². The highest BCUT2D eigenvalue weighted by molar-refractivity contribution is 9.10. The largest absolute Gasteiger partial charge is 0.493 e. The summed E-state index contributed by atoms with van der Waals surface area (Å²) in [5, 5.41) is 5.74. The van der Waals surface area contributed by atoms with Crippen molar-refractivity contribution in [3.63, 3.8) is 0 Å². The fourth-order valence-corrected chi connectivity index (χ4v) is 3.95. The molecule has 2 nitrogen and oxygen atoms in total. The van der Waals surface area contributed by atoms with Crippen LogP contribution < -0.4 is 10.1 Å². The second kappa shape index (κ2) is 6.29. The highest BCUT2D eigenvalue weighted by Gasteiger charge is 2.17. The summed E-state index contributed by atoms with van der Waals surface area (Å²) in [5.74, 6) is 1.09. The molecule has 2 heterocycles. The number of ether oxygens (including phenoxy) is 1. The van der Waals surface area contributed by atoms with E-state index in [1.807, 2.05) is 11.3 Å². The molecule has 0 aliphatic carbocycles. The van der Waals surface area contributed by atoms with Crippen molar-refractivity contribution in [1.82, 2.24) is 5.32 Å². The van der Waals surface area contributed by atoms with Crippen LogP contribution in [0.4, 0.5) is 0 Å². The smallest absolute Gasteiger partial charge is 0.127 e. The van der Waals surface area contributed by atoms with Crippen LogP contribution in [0.15, 0.2) is 34.1 Å². The molecule has 3 rings (SSSR count). The molecule has 20 heavy (non-hydrogen) atoms. The van der Waals surface area contributed by atoms with E-state index in [1.54, 1.807) is 0 Å².